The minimum atomic E-state index is -1.88. The third-order valence-electron chi connectivity index (χ3n) is 1.54. The molecule has 2 amide bonds. The van der Waals surface area contributed by atoms with Crippen LogP contribution in [0, 0.1) is 10.1 Å². The van der Waals surface area contributed by atoms with Gasteiger partial charge in [-0.1, -0.05) is 6.92 Å². The van der Waals surface area contributed by atoms with Crippen molar-refractivity contribution in [2.45, 2.75) is 19.4 Å². The molecule has 0 aromatic heterocycles. The Kier molecular flexibility index (Phi) is 2.36. The Hall–Kier alpha value is -1.79. The molecular formula is C6H7N3O4. The summed E-state index contributed by atoms with van der Waals surface area (Å²) < 4.78 is 0. The molecule has 0 fully saturated rings. The minimum Gasteiger partial charge on any atom is -0.308 e. The summed E-state index contributed by atoms with van der Waals surface area (Å²) in [5.74, 6) is -1.75. The van der Waals surface area contributed by atoms with Crippen LogP contribution in [0.1, 0.15) is 13.3 Å². The Balaban J connectivity index is 2.95. The SMILES string of the molecule is CCC1=NC(=O)[C@H]([N+](=O)[O-])C(=O)N1. The van der Waals surface area contributed by atoms with Gasteiger partial charge in [-0.05, 0) is 0 Å². The maximum Gasteiger partial charge on any atom is 0.368 e. The highest BCUT2D eigenvalue weighted by Crippen LogP contribution is 2.01. The van der Waals surface area contributed by atoms with Gasteiger partial charge in [0.05, 0.1) is 0 Å². The average Bonchev–Trinajstić information content (AvgIpc) is 2.02. The van der Waals surface area contributed by atoms with E-state index in [2.05, 4.69) is 10.3 Å². The molecule has 0 aliphatic carbocycles. The molecule has 1 heterocycles. The zero-order valence-corrected chi connectivity index (χ0v) is 6.81. The van der Waals surface area contributed by atoms with Gasteiger partial charge in [0.15, 0.2) is 0 Å². The molecule has 0 unspecified atom stereocenters. The van der Waals surface area contributed by atoms with E-state index >= 15 is 0 Å². The molecule has 1 rings (SSSR count). The fourth-order valence-corrected chi connectivity index (χ4v) is 0.898. The first-order valence-corrected chi connectivity index (χ1v) is 3.62. The summed E-state index contributed by atoms with van der Waals surface area (Å²) in [5.41, 5.74) is 0. The molecule has 7 heteroatoms. The standard InChI is InChI=1S/C6H7N3O4/c1-2-3-7-5(10)4(9(12)13)6(11)8-3/h4H,2H2,1H3,(H,7,8,10,11). The Morgan fingerprint density at radius 3 is 2.62 bits per heavy atom. The van der Waals surface area contributed by atoms with E-state index in [9.17, 15) is 19.7 Å². The lowest BCUT2D eigenvalue weighted by Crippen LogP contribution is -2.50. The Morgan fingerprint density at radius 2 is 2.23 bits per heavy atom. The molecule has 0 saturated carbocycles. The van der Waals surface area contributed by atoms with Crippen molar-refractivity contribution in [3.63, 3.8) is 0 Å². The quantitative estimate of drug-likeness (QED) is 0.342. The highest BCUT2D eigenvalue weighted by atomic mass is 16.6. The number of carbonyl (C=O) groups excluding carboxylic acids is 2. The molecule has 13 heavy (non-hydrogen) atoms. The monoisotopic (exact) mass is 185 g/mol. The van der Waals surface area contributed by atoms with Crippen LogP contribution >= 0.6 is 0 Å². The van der Waals surface area contributed by atoms with Gasteiger partial charge < -0.3 is 5.32 Å². The van der Waals surface area contributed by atoms with Crippen molar-refractivity contribution in [2.75, 3.05) is 0 Å². The van der Waals surface area contributed by atoms with Crippen LogP contribution in [-0.4, -0.2) is 28.6 Å². The first-order valence-electron chi connectivity index (χ1n) is 3.62. The van der Waals surface area contributed by atoms with Crippen molar-refractivity contribution < 1.29 is 14.5 Å². The number of aliphatic imine (C=N–C) groups is 1. The number of carbonyl (C=O) groups is 2. The third kappa shape index (κ3) is 1.68. The average molecular weight is 185 g/mol. The smallest absolute Gasteiger partial charge is 0.308 e. The van der Waals surface area contributed by atoms with Crippen LogP contribution in [0.2, 0.25) is 0 Å². The van der Waals surface area contributed by atoms with Crippen molar-refractivity contribution in [1.29, 1.82) is 0 Å². The minimum absolute atomic E-state index is 0.174. The lowest BCUT2D eigenvalue weighted by Gasteiger charge is -2.13. The van der Waals surface area contributed by atoms with Crippen LogP contribution < -0.4 is 5.32 Å². The van der Waals surface area contributed by atoms with Crippen LogP contribution in [-0.2, 0) is 9.59 Å². The van der Waals surface area contributed by atoms with Gasteiger partial charge in [0.2, 0.25) is 0 Å². The number of nitrogens with zero attached hydrogens (tertiary/aromatic N) is 2. The zero-order chi connectivity index (χ0) is 10.0. The second-order valence-corrected chi connectivity index (χ2v) is 2.43. The fourth-order valence-electron chi connectivity index (χ4n) is 0.898. The van der Waals surface area contributed by atoms with Gasteiger partial charge in [-0.15, -0.1) is 0 Å². The molecule has 70 valence electrons. The molecule has 0 aromatic rings. The number of nitrogens with one attached hydrogen (secondary N) is 1. The summed E-state index contributed by atoms with van der Waals surface area (Å²) in [6, 6.07) is -1.88. The summed E-state index contributed by atoms with van der Waals surface area (Å²) in [6.45, 7) is 1.68. The van der Waals surface area contributed by atoms with Gasteiger partial charge in [-0.25, -0.2) is 0 Å². The van der Waals surface area contributed by atoms with Gasteiger partial charge in [0.25, 0.3) is 0 Å². The number of hydrogen-bond acceptors (Lipinski definition) is 4. The van der Waals surface area contributed by atoms with E-state index in [4.69, 9.17) is 0 Å². The van der Waals surface area contributed by atoms with Crippen molar-refractivity contribution in [3.8, 4) is 0 Å². The van der Waals surface area contributed by atoms with Crippen molar-refractivity contribution in [2.24, 2.45) is 4.99 Å². The normalized spacial score (nSPS) is 22.2. The molecule has 1 aliphatic rings. The summed E-state index contributed by atoms with van der Waals surface area (Å²) in [6.07, 6.45) is 0.363. The molecule has 0 bridgehead atoms. The van der Waals surface area contributed by atoms with Gasteiger partial charge in [0, 0.05) is 11.3 Å². The summed E-state index contributed by atoms with van der Waals surface area (Å²) >= 11 is 0. The molecule has 1 atom stereocenters. The summed E-state index contributed by atoms with van der Waals surface area (Å²) in [7, 11) is 0. The molecule has 0 saturated heterocycles. The van der Waals surface area contributed by atoms with Crippen LogP contribution in [0.25, 0.3) is 0 Å². The second kappa shape index (κ2) is 3.30. The largest absolute Gasteiger partial charge is 0.368 e. The van der Waals surface area contributed by atoms with E-state index in [1.165, 1.54) is 0 Å². The molecule has 1 N–H and O–H groups in total. The Bertz CT molecular complexity index is 309. The van der Waals surface area contributed by atoms with Gasteiger partial charge in [-0.2, -0.15) is 4.99 Å². The second-order valence-electron chi connectivity index (χ2n) is 2.43. The van der Waals surface area contributed by atoms with Gasteiger partial charge >= 0.3 is 17.9 Å². The lowest BCUT2D eigenvalue weighted by atomic mass is 10.2. The van der Waals surface area contributed by atoms with E-state index in [0.717, 1.165) is 0 Å². The van der Waals surface area contributed by atoms with E-state index < -0.39 is 22.8 Å². The van der Waals surface area contributed by atoms with Crippen LogP contribution in [0.4, 0.5) is 0 Å². The molecule has 1 aliphatic heterocycles. The fraction of sp³-hybridized carbons (Fsp3) is 0.500. The molecule has 0 spiro atoms. The number of amides is 2. The predicted molar refractivity (Wildman–Crippen MR) is 41.7 cm³/mol. The van der Waals surface area contributed by atoms with Gasteiger partial charge in [-0.3, -0.25) is 19.7 Å². The van der Waals surface area contributed by atoms with E-state index in [0.29, 0.717) is 6.42 Å². The van der Waals surface area contributed by atoms with Crippen LogP contribution in [0.5, 0.6) is 0 Å². The first-order chi connectivity index (χ1) is 6.06. The number of amidine groups is 1. The maximum absolute atomic E-state index is 11.0. The first kappa shape index (κ1) is 9.30. The van der Waals surface area contributed by atoms with Crippen molar-refractivity contribution in [3.05, 3.63) is 10.1 Å². The lowest BCUT2D eigenvalue weighted by molar-refractivity contribution is -0.493. The van der Waals surface area contributed by atoms with E-state index in [-0.39, 0.29) is 5.84 Å². The van der Waals surface area contributed by atoms with Crippen LogP contribution in [0.3, 0.4) is 0 Å². The molecule has 0 aromatic carbocycles. The molecule has 7 nitrogen and oxygen atoms in total. The number of hydrogen-bond donors (Lipinski definition) is 1. The van der Waals surface area contributed by atoms with Crippen LogP contribution in [0.15, 0.2) is 4.99 Å². The van der Waals surface area contributed by atoms with E-state index in [1.54, 1.807) is 6.92 Å². The topological polar surface area (TPSA) is 102 Å². The summed E-state index contributed by atoms with van der Waals surface area (Å²) in [4.78, 5) is 34.5. The highest BCUT2D eigenvalue weighted by Gasteiger charge is 2.41. The zero-order valence-electron chi connectivity index (χ0n) is 6.81. The third-order valence-corrected chi connectivity index (χ3v) is 1.54. The van der Waals surface area contributed by atoms with Crippen molar-refractivity contribution in [1.82, 2.24) is 5.32 Å². The summed E-state index contributed by atoms with van der Waals surface area (Å²) in [5, 5.41) is 12.4. The number of nitro groups is 1. The maximum atomic E-state index is 11.0. The van der Waals surface area contributed by atoms with Crippen molar-refractivity contribution >= 4 is 17.6 Å². The molecular weight excluding hydrogens is 178 g/mol. The number of rotatable bonds is 2. The predicted octanol–water partition coefficient (Wildman–Crippen LogP) is -0.903. The molecule has 0 radical (unpaired) electrons. The Morgan fingerprint density at radius 1 is 1.62 bits per heavy atom. The van der Waals surface area contributed by atoms with Gasteiger partial charge in [0.1, 0.15) is 5.84 Å². The Labute approximate surface area is 73.0 Å². The van der Waals surface area contributed by atoms with E-state index in [1.807, 2.05) is 0 Å². The highest BCUT2D eigenvalue weighted by molar-refractivity contribution is 6.17.